The van der Waals surface area contributed by atoms with Crippen LogP contribution in [0, 0.1) is 6.92 Å². The fourth-order valence-corrected chi connectivity index (χ4v) is 2.59. The lowest BCUT2D eigenvalue weighted by Gasteiger charge is -2.26. The molecule has 1 nitrogen and oxygen atoms in total. The maximum absolute atomic E-state index is 6.46. The largest absolute Gasteiger partial charge is 0.324 e. The Bertz CT molecular complexity index is 561. The summed E-state index contributed by atoms with van der Waals surface area (Å²) in [6.45, 7) is 8.83. The highest BCUT2D eigenvalue weighted by molar-refractivity contribution is 5.36. The smallest absolute Gasteiger partial charge is 0.0338 e. The summed E-state index contributed by atoms with van der Waals surface area (Å²) < 4.78 is 0. The first kappa shape index (κ1) is 14.8. The average molecular weight is 267 g/mol. The summed E-state index contributed by atoms with van der Waals surface area (Å²) in [4.78, 5) is 0. The summed E-state index contributed by atoms with van der Waals surface area (Å²) in [5.41, 5.74) is 11.8. The van der Waals surface area contributed by atoms with Crippen molar-refractivity contribution in [3.63, 3.8) is 0 Å². The van der Waals surface area contributed by atoms with Crippen LogP contribution in [0.5, 0.6) is 0 Å². The van der Waals surface area contributed by atoms with Crippen molar-refractivity contribution in [2.75, 3.05) is 0 Å². The van der Waals surface area contributed by atoms with Crippen LogP contribution >= 0.6 is 0 Å². The highest BCUT2D eigenvalue weighted by Crippen LogP contribution is 2.30. The van der Waals surface area contributed by atoms with Crippen molar-refractivity contribution in [1.29, 1.82) is 0 Å². The molecule has 0 spiro atoms. The molecule has 106 valence electrons. The van der Waals surface area contributed by atoms with Gasteiger partial charge in [-0.3, -0.25) is 0 Å². The van der Waals surface area contributed by atoms with Gasteiger partial charge in [-0.1, -0.05) is 74.9 Å². The third-order valence-corrected chi connectivity index (χ3v) is 3.74. The molecule has 2 N–H and O–H groups in total. The number of rotatable bonds is 3. The molecular weight excluding hydrogens is 242 g/mol. The third kappa shape index (κ3) is 3.49. The van der Waals surface area contributed by atoms with Crippen LogP contribution in [-0.2, 0) is 11.8 Å². The van der Waals surface area contributed by atoms with Crippen molar-refractivity contribution >= 4 is 0 Å². The van der Waals surface area contributed by atoms with E-state index in [4.69, 9.17) is 5.73 Å². The Hall–Kier alpha value is -1.60. The van der Waals surface area contributed by atoms with E-state index in [9.17, 15) is 0 Å². The van der Waals surface area contributed by atoms with E-state index in [0.717, 1.165) is 6.42 Å². The highest BCUT2D eigenvalue weighted by Gasteiger charge is 2.20. The summed E-state index contributed by atoms with van der Waals surface area (Å²) in [5, 5.41) is 0. The zero-order chi connectivity index (χ0) is 14.8. The average Bonchev–Trinajstić information content (AvgIpc) is 2.40. The molecule has 0 aliphatic rings. The van der Waals surface area contributed by atoms with Gasteiger partial charge >= 0.3 is 0 Å². The van der Waals surface area contributed by atoms with Crippen molar-refractivity contribution in [3.8, 4) is 0 Å². The van der Waals surface area contributed by atoms with Gasteiger partial charge in [-0.15, -0.1) is 0 Å². The SMILES string of the molecule is Cc1ccc(CC(N)c2ccccc2C(C)(C)C)cc1. The van der Waals surface area contributed by atoms with Crippen LogP contribution in [0.15, 0.2) is 48.5 Å². The standard InChI is InChI=1S/C19H25N/c1-14-9-11-15(12-10-14)13-18(20)16-7-5-6-8-17(16)19(2,3)4/h5-12,18H,13,20H2,1-4H3. The van der Waals surface area contributed by atoms with Crippen LogP contribution in [0.3, 0.4) is 0 Å². The molecule has 0 amide bonds. The highest BCUT2D eigenvalue weighted by atomic mass is 14.6. The molecule has 0 bridgehead atoms. The zero-order valence-corrected chi connectivity index (χ0v) is 13.0. The molecule has 1 atom stereocenters. The summed E-state index contributed by atoms with van der Waals surface area (Å²) in [6, 6.07) is 17.2. The topological polar surface area (TPSA) is 26.0 Å². The Labute approximate surface area is 122 Å². The van der Waals surface area contributed by atoms with Gasteiger partial charge in [0.1, 0.15) is 0 Å². The molecule has 2 rings (SSSR count). The monoisotopic (exact) mass is 267 g/mol. The van der Waals surface area contributed by atoms with Gasteiger partial charge in [0, 0.05) is 6.04 Å². The van der Waals surface area contributed by atoms with E-state index in [2.05, 4.69) is 76.2 Å². The second-order valence-corrected chi connectivity index (χ2v) is 6.63. The normalized spacial score (nSPS) is 13.2. The van der Waals surface area contributed by atoms with Crippen LogP contribution in [-0.4, -0.2) is 0 Å². The minimum atomic E-state index is 0.0492. The lowest BCUT2D eigenvalue weighted by atomic mass is 9.81. The second-order valence-electron chi connectivity index (χ2n) is 6.63. The van der Waals surface area contributed by atoms with E-state index in [1.165, 1.54) is 22.3 Å². The maximum atomic E-state index is 6.46. The summed E-state index contributed by atoms with van der Waals surface area (Å²) in [7, 11) is 0. The number of benzene rings is 2. The van der Waals surface area contributed by atoms with Gasteiger partial charge in [0.25, 0.3) is 0 Å². The van der Waals surface area contributed by atoms with E-state index < -0.39 is 0 Å². The van der Waals surface area contributed by atoms with Crippen molar-refractivity contribution in [2.45, 2.75) is 45.6 Å². The Kier molecular flexibility index (Phi) is 4.29. The molecule has 0 saturated heterocycles. The molecule has 20 heavy (non-hydrogen) atoms. The predicted octanol–water partition coefficient (Wildman–Crippen LogP) is 4.54. The Morgan fingerprint density at radius 3 is 2.15 bits per heavy atom. The van der Waals surface area contributed by atoms with Gasteiger partial charge in [-0.2, -0.15) is 0 Å². The van der Waals surface area contributed by atoms with Crippen molar-refractivity contribution in [1.82, 2.24) is 0 Å². The Morgan fingerprint density at radius 1 is 0.950 bits per heavy atom. The molecule has 0 aliphatic carbocycles. The number of aryl methyl sites for hydroxylation is 1. The Morgan fingerprint density at radius 2 is 1.55 bits per heavy atom. The first-order chi connectivity index (χ1) is 9.38. The molecule has 0 radical (unpaired) electrons. The molecule has 0 aliphatic heterocycles. The summed E-state index contributed by atoms with van der Waals surface area (Å²) >= 11 is 0. The number of hydrogen-bond donors (Lipinski definition) is 1. The molecule has 0 fully saturated rings. The molecular formula is C19H25N. The first-order valence-corrected chi connectivity index (χ1v) is 7.28. The summed E-state index contributed by atoms with van der Waals surface area (Å²) in [5.74, 6) is 0. The molecule has 0 aromatic heterocycles. The fraction of sp³-hybridized carbons (Fsp3) is 0.368. The van der Waals surface area contributed by atoms with Crippen molar-refractivity contribution in [3.05, 3.63) is 70.8 Å². The molecule has 1 heteroatoms. The number of hydrogen-bond acceptors (Lipinski definition) is 1. The zero-order valence-electron chi connectivity index (χ0n) is 13.0. The van der Waals surface area contributed by atoms with Crippen LogP contribution < -0.4 is 5.73 Å². The molecule has 2 aromatic rings. The molecule has 0 saturated carbocycles. The van der Waals surface area contributed by atoms with E-state index in [1.807, 2.05) is 0 Å². The van der Waals surface area contributed by atoms with Gasteiger partial charge in [0.2, 0.25) is 0 Å². The second kappa shape index (κ2) is 5.80. The quantitative estimate of drug-likeness (QED) is 0.868. The van der Waals surface area contributed by atoms with Gasteiger partial charge in [-0.25, -0.2) is 0 Å². The van der Waals surface area contributed by atoms with Crippen LogP contribution in [0.2, 0.25) is 0 Å². The third-order valence-electron chi connectivity index (χ3n) is 3.74. The predicted molar refractivity (Wildman–Crippen MR) is 87.0 cm³/mol. The van der Waals surface area contributed by atoms with E-state index in [1.54, 1.807) is 0 Å². The van der Waals surface area contributed by atoms with E-state index in [0.29, 0.717) is 0 Å². The minimum absolute atomic E-state index is 0.0492. The lowest BCUT2D eigenvalue weighted by Crippen LogP contribution is -2.21. The lowest BCUT2D eigenvalue weighted by molar-refractivity contribution is 0.568. The minimum Gasteiger partial charge on any atom is -0.324 e. The van der Waals surface area contributed by atoms with Gasteiger partial charge < -0.3 is 5.73 Å². The first-order valence-electron chi connectivity index (χ1n) is 7.28. The van der Waals surface area contributed by atoms with Crippen molar-refractivity contribution in [2.24, 2.45) is 5.73 Å². The van der Waals surface area contributed by atoms with Gasteiger partial charge in [-0.05, 0) is 35.4 Å². The van der Waals surface area contributed by atoms with Gasteiger partial charge in [0.05, 0.1) is 0 Å². The van der Waals surface area contributed by atoms with Crippen molar-refractivity contribution < 1.29 is 0 Å². The molecule has 2 aromatic carbocycles. The van der Waals surface area contributed by atoms with E-state index in [-0.39, 0.29) is 11.5 Å². The fourth-order valence-electron chi connectivity index (χ4n) is 2.59. The Balaban J connectivity index is 2.25. The molecule has 1 unspecified atom stereocenters. The molecule has 0 heterocycles. The maximum Gasteiger partial charge on any atom is 0.0338 e. The van der Waals surface area contributed by atoms with Crippen LogP contribution in [0.25, 0.3) is 0 Å². The number of nitrogens with two attached hydrogens (primary N) is 1. The summed E-state index contributed by atoms with van der Waals surface area (Å²) in [6.07, 6.45) is 0.882. The van der Waals surface area contributed by atoms with E-state index >= 15 is 0 Å². The van der Waals surface area contributed by atoms with Gasteiger partial charge in [0.15, 0.2) is 0 Å². The van der Waals surface area contributed by atoms with Crippen LogP contribution in [0.4, 0.5) is 0 Å². The van der Waals surface area contributed by atoms with Crippen LogP contribution in [0.1, 0.15) is 49.1 Å².